The third-order valence-electron chi connectivity index (χ3n) is 3.24. The minimum Gasteiger partial charge on any atom is -0.390 e. The molecular formula is C14H33NO. The minimum absolute atomic E-state index is 0. The minimum atomic E-state index is -0.346. The van der Waals surface area contributed by atoms with Crippen molar-refractivity contribution in [3.63, 3.8) is 0 Å². The van der Waals surface area contributed by atoms with Gasteiger partial charge in [0.05, 0.1) is 5.60 Å². The van der Waals surface area contributed by atoms with Crippen LogP contribution in [0.25, 0.3) is 0 Å². The van der Waals surface area contributed by atoms with E-state index in [2.05, 4.69) is 20.8 Å². The fourth-order valence-electron chi connectivity index (χ4n) is 2.09. The first kappa shape index (κ1) is 18.3. The Morgan fingerprint density at radius 3 is 1.44 bits per heavy atom. The lowest BCUT2D eigenvalue weighted by atomic mass is 9.86. The molecule has 0 aliphatic rings. The van der Waals surface area contributed by atoms with Crippen LogP contribution in [0.4, 0.5) is 0 Å². The normalized spacial score (nSPS) is 11.2. The van der Waals surface area contributed by atoms with E-state index in [0.29, 0.717) is 0 Å². The van der Waals surface area contributed by atoms with Gasteiger partial charge in [-0.1, -0.05) is 65.7 Å². The largest absolute Gasteiger partial charge is 0.390 e. The van der Waals surface area contributed by atoms with E-state index in [1.807, 2.05) is 0 Å². The van der Waals surface area contributed by atoms with Crippen LogP contribution in [0, 0.1) is 0 Å². The van der Waals surface area contributed by atoms with E-state index in [0.717, 1.165) is 19.3 Å². The van der Waals surface area contributed by atoms with Gasteiger partial charge in [-0.05, 0) is 19.3 Å². The van der Waals surface area contributed by atoms with Crippen LogP contribution < -0.4 is 6.15 Å². The zero-order chi connectivity index (χ0) is 11.6. The van der Waals surface area contributed by atoms with E-state index in [4.69, 9.17) is 0 Å². The van der Waals surface area contributed by atoms with Gasteiger partial charge in [-0.3, -0.25) is 0 Å². The highest BCUT2D eigenvalue weighted by Crippen LogP contribution is 2.27. The van der Waals surface area contributed by atoms with Crippen molar-refractivity contribution >= 4 is 0 Å². The van der Waals surface area contributed by atoms with Crippen LogP contribution in [-0.4, -0.2) is 10.7 Å². The van der Waals surface area contributed by atoms with Gasteiger partial charge < -0.3 is 11.3 Å². The van der Waals surface area contributed by atoms with Crippen molar-refractivity contribution in [2.75, 3.05) is 0 Å². The Labute approximate surface area is 102 Å². The van der Waals surface area contributed by atoms with E-state index in [1.54, 1.807) is 0 Å². The fraction of sp³-hybridized carbons (Fsp3) is 1.00. The van der Waals surface area contributed by atoms with Crippen LogP contribution in [0.15, 0.2) is 0 Å². The summed E-state index contributed by atoms with van der Waals surface area (Å²) in [6.45, 7) is 6.62. The summed E-state index contributed by atoms with van der Waals surface area (Å²) in [7, 11) is 0. The molecule has 0 aromatic rings. The number of unbranched alkanes of at least 4 members (excludes halogenated alkanes) is 4. The molecule has 0 rings (SSSR count). The van der Waals surface area contributed by atoms with Crippen LogP contribution in [0.2, 0.25) is 0 Å². The number of hydrogen-bond acceptors (Lipinski definition) is 2. The lowest BCUT2D eigenvalue weighted by Gasteiger charge is -2.28. The van der Waals surface area contributed by atoms with Crippen LogP contribution in [0.1, 0.15) is 85.0 Å². The standard InChI is InChI=1S/C14H30O.H3N/c1-4-7-10-13-14(15,11-8-5-2)12-9-6-3;/h15H,4-13H2,1-3H3;1H3. The van der Waals surface area contributed by atoms with Crippen molar-refractivity contribution in [3.8, 4) is 0 Å². The molecule has 2 nitrogen and oxygen atoms in total. The molecule has 0 aliphatic heterocycles. The van der Waals surface area contributed by atoms with E-state index in [-0.39, 0.29) is 11.8 Å². The first-order valence-corrected chi connectivity index (χ1v) is 6.91. The van der Waals surface area contributed by atoms with Gasteiger partial charge in [0.1, 0.15) is 0 Å². The molecule has 16 heavy (non-hydrogen) atoms. The molecule has 100 valence electrons. The van der Waals surface area contributed by atoms with Gasteiger partial charge in [0, 0.05) is 0 Å². The molecule has 0 radical (unpaired) electrons. The monoisotopic (exact) mass is 231 g/mol. The number of hydrogen-bond donors (Lipinski definition) is 2. The Balaban J connectivity index is 0. The van der Waals surface area contributed by atoms with Crippen LogP contribution in [0.5, 0.6) is 0 Å². The van der Waals surface area contributed by atoms with Crippen molar-refractivity contribution in [2.45, 2.75) is 90.6 Å². The van der Waals surface area contributed by atoms with E-state index in [1.165, 1.54) is 44.9 Å². The van der Waals surface area contributed by atoms with Crippen molar-refractivity contribution in [1.29, 1.82) is 0 Å². The van der Waals surface area contributed by atoms with Crippen LogP contribution >= 0.6 is 0 Å². The molecular weight excluding hydrogens is 198 g/mol. The molecule has 0 saturated heterocycles. The molecule has 0 fully saturated rings. The average Bonchev–Trinajstić information content (AvgIpc) is 2.24. The summed E-state index contributed by atoms with van der Waals surface area (Å²) in [5.41, 5.74) is -0.346. The topological polar surface area (TPSA) is 55.2 Å². The molecule has 0 spiro atoms. The molecule has 0 bridgehead atoms. The van der Waals surface area contributed by atoms with Crippen molar-refractivity contribution < 1.29 is 5.11 Å². The summed E-state index contributed by atoms with van der Waals surface area (Å²) in [6.07, 6.45) is 11.5. The third-order valence-corrected chi connectivity index (χ3v) is 3.24. The molecule has 0 unspecified atom stereocenters. The van der Waals surface area contributed by atoms with Crippen molar-refractivity contribution in [3.05, 3.63) is 0 Å². The zero-order valence-corrected chi connectivity index (χ0v) is 11.7. The Morgan fingerprint density at radius 2 is 1.06 bits per heavy atom. The van der Waals surface area contributed by atoms with Gasteiger partial charge in [0.25, 0.3) is 0 Å². The van der Waals surface area contributed by atoms with Gasteiger partial charge in [0.15, 0.2) is 0 Å². The quantitative estimate of drug-likeness (QED) is 0.528. The number of aliphatic hydroxyl groups is 1. The predicted molar refractivity (Wildman–Crippen MR) is 73.2 cm³/mol. The second-order valence-corrected chi connectivity index (χ2v) is 4.89. The molecule has 0 heterocycles. The Hall–Kier alpha value is -0.0800. The van der Waals surface area contributed by atoms with E-state index < -0.39 is 0 Å². The third kappa shape index (κ3) is 9.17. The SMILES string of the molecule is CCCCCC(O)(CCCC)CCCC.N. The predicted octanol–water partition coefficient (Wildman–Crippen LogP) is 4.84. The first-order chi connectivity index (χ1) is 7.18. The van der Waals surface area contributed by atoms with Gasteiger partial charge in [-0.15, -0.1) is 0 Å². The lowest BCUT2D eigenvalue weighted by molar-refractivity contribution is 0.00799. The Kier molecular flexibility index (Phi) is 13.0. The fourth-order valence-corrected chi connectivity index (χ4v) is 2.09. The Morgan fingerprint density at radius 1 is 0.688 bits per heavy atom. The summed E-state index contributed by atoms with van der Waals surface area (Å²) in [4.78, 5) is 0. The maximum absolute atomic E-state index is 10.5. The smallest absolute Gasteiger partial charge is 0.0647 e. The average molecular weight is 231 g/mol. The summed E-state index contributed by atoms with van der Waals surface area (Å²) < 4.78 is 0. The second-order valence-electron chi connectivity index (χ2n) is 4.89. The molecule has 0 atom stereocenters. The van der Waals surface area contributed by atoms with Crippen molar-refractivity contribution in [2.24, 2.45) is 0 Å². The summed E-state index contributed by atoms with van der Waals surface area (Å²) in [5, 5.41) is 10.5. The van der Waals surface area contributed by atoms with Gasteiger partial charge in [-0.2, -0.15) is 0 Å². The van der Waals surface area contributed by atoms with E-state index in [9.17, 15) is 5.11 Å². The van der Waals surface area contributed by atoms with E-state index >= 15 is 0 Å². The molecule has 2 heteroatoms. The molecule has 4 N–H and O–H groups in total. The highest BCUT2D eigenvalue weighted by atomic mass is 16.3. The van der Waals surface area contributed by atoms with Gasteiger partial charge >= 0.3 is 0 Å². The van der Waals surface area contributed by atoms with Gasteiger partial charge in [-0.25, -0.2) is 0 Å². The molecule has 0 saturated carbocycles. The van der Waals surface area contributed by atoms with Crippen molar-refractivity contribution in [1.82, 2.24) is 6.15 Å². The number of rotatable bonds is 10. The lowest BCUT2D eigenvalue weighted by Crippen LogP contribution is -2.28. The highest BCUT2D eigenvalue weighted by molar-refractivity contribution is 4.78. The maximum Gasteiger partial charge on any atom is 0.0647 e. The van der Waals surface area contributed by atoms with Gasteiger partial charge in [0.2, 0.25) is 0 Å². The highest BCUT2D eigenvalue weighted by Gasteiger charge is 2.24. The summed E-state index contributed by atoms with van der Waals surface area (Å²) >= 11 is 0. The summed E-state index contributed by atoms with van der Waals surface area (Å²) in [6, 6.07) is 0. The Bertz CT molecular complexity index is 129. The second kappa shape index (κ2) is 11.4. The summed E-state index contributed by atoms with van der Waals surface area (Å²) in [5.74, 6) is 0. The zero-order valence-electron chi connectivity index (χ0n) is 11.7. The molecule has 0 aromatic heterocycles. The molecule has 0 amide bonds. The first-order valence-electron chi connectivity index (χ1n) is 6.91. The maximum atomic E-state index is 10.5. The molecule has 0 aromatic carbocycles. The molecule has 0 aliphatic carbocycles. The van der Waals surface area contributed by atoms with Crippen LogP contribution in [0.3, 0.4) is 0 Å². The van der Waals surface area contributed by atoms with Crippen LogP contribution in [-0.2, 0) is 0 Å².